The van der Waals surface area contributed by atoms with Gasteiger partial charge in [-0.1, -0.05) is 13.0 Å². The number of carbonyl (C=O) groups is 1. The van der Waals surface area contributed by atoms with Crippen molar-refractivity contribution in [3.05, 3.63) is 23.8 Å². The van der Waals surface area contributed by atoms with Gasteiger partial charge in [0.1, 0.15) is 0 Å². The zero-order valence-corrected chi connectivity index (χ0v) is 15.9. The van der Waals surface area contributed by atoms with Crippen molar-refractivity contribution in [1.82, 2.24) is 9.80 Å². The standard InChI is InChI=1S/C17H26N4O.2ClH/c1-2-19-9-11-20(12-10-19)13-17(22)21-8-4-5-14-15(18)6-3-7-16(14)21;;/h3,6-7H,2,4-5,8-13,18H2,1H3;2*1H. The topological polar surface area (TPSA) is 52.8 Å². The minimum absolute atomic E-state index is 0. The van der Waals surface area contributed by atoms with Gasteiger partial charge in [0, 0.05) is 44.1 Å². The fraction of sp³-hybridized carbons (Fsp3) is 0.588. The van der Waals surface area contributed by atoms with Crippen molar-refractivity contribution in [2.75, 3.05) is 56.4 Å². The fourth-order valence-electron chi connectivity index (χ4n) is 3.45. The van der Waals surface area contributed by atoms with E-state index in [1.54, 1.807) is 0 Å². The Morgan fingerprint density at radius 3 is 2.42 bits per heavy atom. The average Bonchev–Trinajstić information content (AvgIpc) is 2.55. The summed E-state index contributed by atoms with van der Waals surface area (Å²) in [5, 5.41) is 0. The van der Waals surface area contributed by atoms with Crippen LogP contribution in [0.2, 0.25) is 0 Å². The quantitative estimate of drug-likeness (QED) is 0.822. The number of hydrogen-bond acceptors (Lipinski definition) is 4. The summed E-state index contributed by atoms with van der Waals surface area (Å²) < 4.78 is 0. The second kappa shape index (κ2) is 9.47. The van der Waals surface area contributed by atoms with Crippen LogP contribution in [0.3, 0.4) is 0 Å². The van der Waals surface area contributed by atoms with Gasteiger partial charge < -0.3 is 15.5 Å². The van der Waals surface area contributed by atoms with E-state index in [-0.39, 0.29) is 30.7 Å². The Morgan fingerprint density at radius 2 is 1.75 bits per heavy atom. The van der Waals surface area contributed by atoms with Crippen LogP contribution in [-0.2, 0) is 11.2 Å². The smallest absolute Gasteiger partial charge is 0.241 e. The molecular weight excluding hydrogens is 347 g/mol. The third kappa shape index (κ3) is 4.54. The highest BCUT2D eigenvalue weighted by Gasteiger charge is 2.26. The van der Waals surface area contributed by atoms with Crippen molar-refractivity contribution >= 4 is 42.1 Å². The molecule has 2 heterocycles. The zero-order valence-electron chi connectivity index (χ0n) is 14.2. The Labute approximate surface area is 157 Å². The number of nitrogens with zero attached hydrogens (tertiary/aromatic N) is 3. The molecule has 1 aromatic rings. The number of fused-ring (bicyclic) bond motifs is 1. The third-order valence-corrected chi connectivity index (χ3v) is 4.86. The molecule has 0 aliphatic carbocycles. The SMILES string of the molecule is CCN1CCN(CC(=O)N2CCCc3c(N)cccc32)CC1.Cl.Cl. The number of benzene rings is 1. The summed E-state index contributed by atoms with van der Waals surface area (Å²) in [4.78, 5) is 19.4. The molecule has 2 aliphatic heterocycles. The lowest BCUT2D eigenvalue weighted by atomic mass is 10.00. The van der Waals surface area contributed by atoms with Crippen molar-refractivity contribution in [3.8, 4) is 0 Å². The van der Waals surface area contributed by atoms with E-state index in [2.05, 4.69) is 16.7 Å². The van der Waals surface area contributed by atoms with Gasteiger partial charge in [0.15, 0.2) is 0 Å². The number of anilines is 2. The summed E-state index contributed by atoms with van der Waals surface area (Å²) >= 11 is 0. The summed E-state index contributed by atoms with van der Waals surface area (Å²) in [5.41, 5.74) is 9.03. The maximum atomic E-state index is 12.7. The first kappa shape index (κ1) is 21.0. The first-order chi connectivity index (χ1) is 10.7. The van der Waals surface area contributed by atoms with Crippen molar-refractivity contribution in [1.29, 1.82) is 0 Å². The number of hydrogen-bond donors (Lipinski definition) is 1. The van der Waals surface area contributed by atoms with Gasteiger partial charge in [-0.25, -0.2) is 0 Å². The molecule has 0 radical (unpaired) electrons. The van der Waals surface area contributed by atoms with Gasteiger partial charge in [-0.3, -0.25) is 9.69 Å². The molecule has 0 saturated carbocycles. The van der Waals surface area contributed by atoms with Crippen LogP contribution in [0.4, 0.5) is 11.4 Å². The molecule has 2 aliphatic rings. The number of nitrogen functional groups attached to an aromatic ring is 1. The number of nitrogens with two attached hydrogens (primary N) is 1. The molecule has 5 nitrogen and oxygen atoms in total. The van der Waals surface area contributed by atoms with Crippen molar-refractivity contribution in [3.63, 3.8) is 0 Å². The molecule has 1 fully saturated rings. The van der Waals surface area contributed by atoms with E-state index in [1.807, 2.05) is 23.1 Å². The normalized spacial score (nSPS) is 18.3. The molecule has 3 rings (SSSR count). The highest BCUT2D eigenvalue weighted by atomic mass is 35.5. The molecule has 0 aromatic heterocycles. The van der Waals surface area contributed by atoms with Gasteiger partial charge in [0.05, 0.1) is 6.54 Å². The largest absolute Gasteiger partial charge is 0.398 e. The fourth-order valence-corrected chi connectivity index (χ4v) is 3.45. The van der Waals surface area contributed by atoms with Gasteiger partial charge in [0.25, 0.3) is 0 Å². The Kier molecular flexibility index (Phi) is 8.30. The monoisotopic (exact) mass is 374 g/mol. The first-order valence-corrected chi connectivity index (χ1v) is 8.31. The summed E-state index contributed by atoms with van der Waals surface area (Å²) in [6, 6.07) is 5.90. The van der Waals surface area contributed by atoms with E-state index >= 15 is 0 Å². The molecule has 0 bridgehead atoms. The van der Waals surface area contributed by atoms with Crippen LogP contribution in [0.15, 0.2) is 18.2 Å². The minimum Gasteiger partial charge on any atom is -0.398 e. The molecule has 0 atom stereocenters. The van der Waals surface area contributed by atoms with Crippen LogP contribution in [0, 0.1) is 0 Å². The van der Waals surface area contributed by atoms with Gasteiger partial charge >= 0.3 is 0 Å². The van der Waals surface area contributed by atoms with Crippen LogP contribution < -0.4 is 10.6 Å². The maximum absolute atomic E-state index is 12.7. The van der Waals surface area contributed by atoms with E-state index in [0.29, 0.717) is 6.54 Å². The average molecular weight is 375 g/mol. The summed E-state index contributed by atoms with van der Waals surface area (Å²) in [6.07, 6.45) is 1.97. The highest BCUT2D eigenvalue weighted by molar-refractivity contribution is 5.96. The van der Waals surface area contributed by atoms with Crippen molar-refractivity contribution < 1.29 is 4.79 Å². The van der Waals surface area contributed by atoms with Crippen molar-refractivity contribution in [2.45, 2.75) is 19.8 Å². The lowest BCUT2D eigenvalue weighted by molar-refractivity contribution is -0.120. The zero-order chi connectivity index (χ0) is 15.5. The Morgan fingerprint density at radius 1 is 1.08 bits per heavy atom. The highest BCUT2D eigenvalue weighted by Crippen LogP contribution is 2.31. The first-order valence-electron chi connectivity index (χ1n) is 8.31. The number of piperazine rings is 1. The van der Waals surface area contributed by atoms with Gasteiger partial charge in [0.2, 0.25) is 5.91 Å². The van der Waals surface area contributed by atoms with Crippen LogP contribution in [-0.4, -0.2) is 61.5 Å². The number of rotatable bonds is 3. The van der Waals surface area contributed by atoms with E-state index in [1.165, 1.54) is 0 Å². The maximum Gasteiger partial charge on any atom is 0.241 e. The van der Waals surface area contributed by atoms with E-state index < -0.39 is 0 Å². The van der Waals surface area contributed by atoms with Gasteiger partial charge in [-0.05, 0) is 37.1 Å². The number of halogens is 2. The van der Waals surface area contributed by atoms with Gasteiger partial charge in [-0.15, -0.1) is 24.8 Å². The Hall–Kier alpha value is -1.01. The lowest BCUT2D eigenvalue weighted by Gasteiger charge is -2.36. The molecule has 0 spiro atoms. The lowest BCUT2D eigenvalue weighted by Crippen LogP contribution is -2.50. The number of likely N-dealkylation sites (N-methyl/N-ethyl adjacent to an activating group) is 1. The molecule has 0 unspecified atom stereocenters. The molecule has 136 valence electrons. The third-order valence-electron chi connectivity index (χ3n) is 4.86. The Balaban J connectivity index is 0.00000144. The molecule has 24 heavy (non-hydrogen) atoms. The van der Waals surface area contributed by atoms with Crippen LogP contribution in [0.1, 0.15) is 18.9 Å². The molecular formula is C17H28Cl2N4O. The van der Waals surface area contributed by atoms with Crippen LogP contribution in [0.25, 0.3) is 0 Å². The molecule has 1 aromatic carbocycles. The molecule has 1 amide bonds. The van der Waals surface area contributed by atoms with Crippen molar-refractivity contribution in [2.24, 2.45) is 0 Å². The van der Waals surface area contributed by atoms with Gasteiger partial charge in [-0.2, -0.15) is 0 Å². The van der Waals surface area contributed by atoms with E-state index in [0.717, 1.165) is 69.0 Å². The summed E-state index contributed by atoms with van der Waals surface area (Å²) in [5.74, 6) is 0.205. The minimum atomic E-state index is 0. The predicted octanol–water partition coefficient (Wildman–Crippen LogP) is 2.03. The second-order valence-electron chi connectivity index (χ2n) is 6.20. The molecule has 1 saturated heterocycles. The Bertz CT molecular complexity index is 547. The van der Waals surface area contributed by atoms with E-state index in [4.69, 9.17) is 5.73 Å². The van der Waals surface area contributed by atoms with Crippen LogP contribution in [0.5, 0.6) is 0 Å². The summed E-state index contributed by atoms with van der Waals surface area (Å²) in [7, 11) is 0. The second-order valence-corrected chi connectivity index (χ2v) is 6.20. The van der Waals surface area contributed by atoms with Crippen LogP contribution >= 0.6 is 24.8 Å². The predicted molar refractivity (Wildman–Crippen MR) is 105 cm³/mol. The molecule has 7 heteroatoms. The summed E-state index contributed by atoms with van der Waals surface area (Å²) in [6.45, 7) is 8.71. The number of carbonyl (C=O) groups excluding carboxylic acids is 1. The number of amides is 1. The molecule has 2 N–H and O–H groups in total. The van der Waals surface area contributed by atoms with E-state index in [9.17, 15) is 4.79 Å².